The van der Waals surface area contributed by atoms with Gasteiger partial charge in [0, 0.05) is 13.1 Å². The Morgan fingerprint density at radius 2 is 1.62 bits per heavy atom. The minimum Gasteiger partial charge on any atom is -0.422 e. The van der Waals surface area contributed by atoms with Crippen molar-refractivity contribution in [1.82, 2.24) is 30.2 Å². The molecule has 0 fully saturated rings. The highest BCUT2D eigenvalue weighted by Gasteiger charge is 2.28. The van der Waals surface area contributed by atoms with Crippen molar-refractivity contribution in [1.29, 1.82) is 0 Å². The van der Waals surface area contributed by atoms with Crippen LogP contribution in [0, 0.1) is 0 Å². The van der Waals surface area contributed by atoms with E-state index in [0.29, 0.717) is 30.8 Å². The van der Waals surface area contributed by atoms with Gasteiger partial charge in [0.05, 0.1) is 19.0 Å². The molecule has 0 spiro atoms. The Labute approximate surface area is 215 Å². The molecule has 0 radical (unpaired) electrons. The molecule has 0 bridgehead atoms. The minimum atomic E-state index is -4.00. The lowest BCUT2D eigenvalue weighted by Crippen LogP contribution is -2.27. The number of nitrogen functional groups attached to an aromatic ring is 1. The zero-order valence-electron chi connectivity index (χ0n) is 21.4. The second-order valence-corrected chi connectivity index (χ2v) is 9.96. The maximum Gasteiger partial charge on any atom is 0.409 e. The van der Waals surface area contributed by atoms with E-state index < -0.39 is 45.8 Å². The molecule has 1 atom stereocenters. The normalized spacial score (nSPS) is 12.3. The first kappa shape index (κ1) is 30.2. The number of imidazole rings is 1. The number of ether oxygens (including phenoxy) is 3. The molecule has 0 unspecified atom stereocenters. The third-order valence-corrected chi connectivity index (χ3v) is 6.34. The molecule has 0 saturated carbocycles. The summed E-state index contributed by atoms with van der Waals surface area (Å²) >= 11 is 0. The Balaban J connectivity index is 1.91. The number of nitrogens with zero attached hydrogens (tertiary/aromatic N) is 4. The predicted molar refractivity (Wildman–Crippen MR) is 133 cm³/mol. The van der Waals surface area contributed by atoms with Gasteiger partial charge in [0.15, 0.2) is 11.5 Å². The first-order chi connectivity index (χ1) is 17.8. The summed E-state index contributed by atoms with van der Waals surface area (Å²) in [6, 6.07) is 0. The summed E-state index contributed by atoms with van der Waals surface area (Å²) < 4.78 is 40.8. The van der Waals surface area contributed by atoms with Crippen molar-refractivity contribution in [2.45, 2.75) is 59.1 Å². The summed E-state index contributed by atoms with van der Waals surface area (Å²) in [6.07, 6.45) is 3.78. The lowest BCUT2D eigenvalue weighted by Gasteiger charge is -2.21. The van der Waals surface area contributed by atoms with E-state index in [1.165, 1.54) is 12.7 Å². The number of nitrogens with one attached hydrogen (secondary N) is 2. The number of hydrogen-bond acceptors (Lipinski definition) is 12. The van der Waals surface area contributed by atoms with Gasteiger partial charge in [-0.3, -0.25) is 13.6 Å². The van der Waals surface area contributed by atoms with Gasteiger partial charge < -0.3 is 35.1 Å². The molecule has 4 N–H and O–H groups in total. The fraction of sp³-hybridized carbons (Fsp3) is 0.667. The van der Waals surface area contributed by atoms with Crippen LogP contribution in [0.4, 0.5) is 15.4 Å². The summed E-state index contributed by atoms with van der Waals surface area (Å²) in [7, 11) is -4.00. The number of nitrogens with two attached hydrogens (primary N) is 1. The van der Waals surface area contributed by atoms with Gasteiger partial charge in [0.2, 0.25) is 13.6 Å². The van der Waals surface area contributed by atoms with E-state index in [1.54, 1.807) is 11.5 Å². The van der Waals surface area contributed by atoms with Gasteiger partial charge >= 0.3 is 19.8 Å². The third-order valence-electron chi connectivity index (χ3n) is 4.88. The molecule has 2 aromatic heterocycles. The monoisotopic (exact) mass is 545 g/mol. The zero-order valence-corrected chi connectivity index (χ0v) is 22.3. The van der Waals surface area contributed by atoms with E-state index in [9.17, 15) is 14.2 Å². The number of alkyl carbamates (subject to hydrolysis) is 2. The van der Waals surface area contributed by atoms with Crippen LogP contribution in [-0.4, -0.2) is 70.8 Å². The van der Waals surface area contributed by atoms with E-state index >= 15 is 0 Å². The number of anilines is 1. The molecule has 0 aromatic carbocycles. The summed E-state index contributed by atoms with van der Waals surface area (Å²) in [4.78, 5) is 35.7. The maximum absolute atomic E-state index is 13.2. The van der Waals surface area contributed by atoms with Gasteiger partial charge in [-0.05, 0) is 19.8 Å². The maximum atomic E-state index is 13.2. The number of unbranched alkanes of at least 4 members (excludes halogenated alkanes) is 2. The Morgan fingerprint density at radius 1 is 1.03 bits per heavy atom. The van der Waals surface area contributed by atoms with Crippen LogP contribution < -0.4 is 16.4 Å². The molecule has 2 heterocycles. The summed E-state index contributed by atoms with van der Waals surface area (Å²) in [5.41, 5.74) is 6.78. The van der Waals surface area contributed by atoms with Crippen molar-refractivity contribution in [3.05, 3.63) is 12.7 Å². The minimum absolute atomic E-state index is 0.251. The van der Waals surface area contributed by atoms with Gasteiger partial charge in [-0.25, -0.2) is 24.5 Å². The van der Waals surface area contributed by atoms with Gasteiger partial charge in [-0.15, -0.1) is 0 Å². The summed E-state index contributed by atoms with van der Waals surface area (Å²) in [5, 5.41) is 5.07. The number of fused-ring (bicyclic) bond motifs is 1. The molecule has 0 aliphatic rings. The summed E-state index contributed by atoms with van der Waals surface area (Å²) in [6.45, 7) is 5.55. The topological polar surface area (TPSA) is 191 Å². The number of rotatable bonds is 17. The lowest BCUT2D eigenvalue weighted by atomic mass is 10.3. The molecule has 0 aliphatic heterocycles. The second-order valence-electron chi connectivity index (χ2n) is 7.96. The molecule has 2 rings (SSSR count). The van der Waals surface area contributed by atoms with E-state index in [-0.39, 0.29) is 5.82 Å². The van der Waals surface area contributed by atoms with Crippen molar-refractivity contribution in [3.8, 4) is 0 Å². The highest BCUT2D eigenvalue weighted by Crippen LogP contribution is 2.48. The Hall–Kier alpha value is -3.00. The van der Waals surface area contributed by atoms with Crippen molar-refractivity contribution in [2.75, 3.05) is 38.8 Å². The number of amides is 2. The fourth-order valence-corrected chi connectivity index (χ4v) is 3.94. The predicted octanol–water partition coefficient (Wildman–Crippen LogP) is 2.97. The molecule has 208 valence electrons. The van der Waals surface area contributed by atoms with Crippen LogP contribution >= 0.6 is 7.60 Å². The van der Waals surface area contributed by atoms with Crippen LogP contribution in [0.1, 0.15) is 46.5 Å². The Kier molecular flexibility index (Phi) is 13.0. The van der Waals surface area contributed by atoms with Crippen LogP contribution in [0.3, 0.4) is 0 Å². The largest absolute Gasteiger partial charge is 0.422 e. The quantitative estimate of drug-likeness (QED) is 0.150. The first-order valence-corrected chi connectivity index (χ1v) is 13.7. The molecule has 2 aromatic rings. The lowest BCUT2D eigenvalue weighted by molar-refractivity contribution is 0.00164. The molecular weight excluding hydrogens is 509 g/mol. The Bertz CT molecular complexity index is 1010. The fourth-order valence-electron chi connectivity index (χ4n) is 2.85. The Morgan fingerprint density at radius 3 is 2.19 bits per heavy atom. The van der Waals surface area contributed by atoms with E-state index in [1.807, 2.05) is 13.8 Å². The first-order valence-electron chi connectivity index (χ1n) is 12.0. The highest BCUT2D eigenvalue weighted by atomic mass is 31.2. The summed E-state index contributed by atoms with van der Waals surface area (Å²) in [5.74, 6) is 0.251. The van der Waals surface area contributed by atoms with Crippen molar-refractivity contribution >= 4 is 36.8 Å². The molecule has 37 heavy (non-hydrogen) atoms. The molecular formula is C21H36N7O8P. The third kappa shape index (κ3) is 10.9. The number of carbonyl (C=O) groups excluding carboxylic acids is 2. The molecule has 2 amide bonds. The van der Waals surface area contributed by atoms with Gasteiger partial charge in [0.1, 0.15) is 18.2 Å². The van der Waals surface area contributed by atoms with Gasteiger partial charge in [-0.2, -0.15) is 0 Å². The van der Waals surface area contributed by atoms with Gasteiger partial charge in [0.25, 0.3) is 0 Å². The molecule has 15 nitrogen and oxygen atoms in total. The van der Waals surface area contributed by atoms with Crippen molar-refractivity contribution in [3.63, 3.8) is 0 Å². The van der Waals surface area contributed by atoms with Crippen LogP contribution in [0.15, 0.2) is 12.7 Å². The van der Waals surface area contributed by atoms with Crippen LogP contribution in [0.25, 0.3) is 11.2 Å². The number of hydrogen-bond donors (Lipinski definition) is 3. The van der Waals surface area contributed by atoms with Crippen LogP contribution in [0.2, 0.25) is 0 Å². The van der Waals surface area contributed by atoms with E-state index in [2.05, 4.69) is 25.6 Å². The number of aromatic nitrogens is 4. The SMILES string of the molecule is CCCCNC(=O)OCOP(=O)(CO[C@H](C)Cn1cnc2c(N)ncnc21)OCOC(=O)NCCCC. The zero-order chi connectivity index (χ0) is 27.1. The molecule has 16 heteroatoms. The van der Waals surface area contributed by atoms with Crippen LogP contribution in [-0.2, 0) is 34.4 Å². The molecule has 0 saturated heterocycles. The number of carbonyl (C=O) groups is 2. The van der Waals surface area contributed by atoms with Crippen molar-refractivity contribution < 1.29 is 37.4 Å². The molecule has 0 aliphatic carbocycles. The smallest absolute Gasteiger partial charge is 0.409 e. The van der Waals surface area contributed by atoms with Crippen LogP contribution in [0.5, 0.6) is 0 Å². The van der Waals surface area contributed by atoms with Gasteiger partial charge in [-0.1, -0.05) is 26.7 Å². The average Bonchev–Trinajstić information content (AvgIpc) is 3.27. The van der Waals surface area contributed by atoms with Crippen molar-refractivity contribution in [2.24, 2.45) is 0 Å². The standard InChI is InChI=1S/C21H36N7O8P/c1-4-6-8-23-20(29)32-13-35-37(31,36-14-33-21(30)24-9-7-5-2)15-34-16(3)10-28-12-27-17-18(22)25-11-26-19(17)28/h11-12,16H,4-10,13-15H2,1-3H3,(H,23,29)(H,24,30)(H2,22,25,26)/t16-/m1/s1. The van der Waals surface area contributed by atoms with E-state index in [4.69, 9.17) is 29.0 Å². The average molecular weight is 546 g/mol. The second kappa shape index (κ2) is 16.0. The van der Waals surface area contributed by atoms with E-state index in [0.717, 1.165) is 25.7 Å². The highest BCUT2D eigenvalue weighted by molar-refractivity contribution is 7.53.